The maximum absolute atomic E-state index is 12.1. The molecule has 0 bridgehead atoms. The number of aromatic nitrogens is 1. The van der Waals surface area contributed by atoms with Gasteiger partial charge in [0, 0.05) is 18.7 Å². The molecule has 2 aromatic rings. The molecule has 1 aliphatic heterocycles. The normalized spacial score (nSPS) is 19.7. The molecule has 0 spiro atoms. The number of rotatable bonds is 4. The van der Waals surface area contributed by atoms with Crippen molar-refractivity contribution in [2.24, 2.45) is 0 Å². The summed E-state index contributed by atoms with van der Waals surface area (Å²) in [6, 6.07) is 9.76. The van der Waals surface area contributed by atoms with Gasteiger partial charge in [0.2, 0.25) is 11.8 Å². The smallest absolute Gasteiger partial charge is 0.237 e. The Balaban J connectivity index is 1.75. The number of hydrogen-bond acceptors (Lipinski definition) is 4. The highest BCUT2D eigenvalue weighted by Crippen LogP contribution is 2.21. The third-order valence-electron chi connectivity index (χ3n) is 3.98. The van der Waals surface area contributed by atoms with Crippen molar-refractivity contribution in [2.75, 3.05) is 13.1 Å². The summed E-state index contributed by atoms with van der Waals surface area (Å²) in [6.45, 7) is 4.29. The van der Waals surface area contributed by atoms with Crippen LogP contribution in [0.15, 0.2) is 40.9 Å². The Kier molecular flexibility index (Phi) is 4.53. The summed E-state index contributed by atoms with van der Waals surface area (Å²) in [6.07, 6.45) is 3.52. The fourth-order valence-corrected chi connectivity index (χ4v) is 2.86. The summed E-state index contributed by atoms with van der Waals surface area (Å²) in [5.74, 6) is 1.54. The van der Waals surface area contributed by atoms with Crippen LogP contribution < -0.4 is 5.32 Å². The van der Waals surface area contributed by atoms with Crippen molar-refractivity contribution in [1.29, 1.82) is 0 Å². The van der Waals surface area contributed by atoms with Gasteiger partial charge in [-0.3, -0.25) is 9.69 Å². The van der Waals surface area contributed by atoms with E-state index < -0.39 is 0 Å². The van der Waals surface area contributed by atoms with E-state index in [2.05, 4.69) is 15.2 Å². The van der Waals surface area contributed by atoms with E-state index in [1.165, 1.54) is 0 Å². The molecule has 22 heavy (non-hydrogen) atoms. The van der Waals surface area contributed by atoms with Crippen molar-refractivity contribution in [3.05, 3.63) is 42.3 Å². The van der Waals surface area contributed by atoms with Crippen LogP contribution in [0.3, 0.4) is 0 Å². The van der Waals surface area contributed by atoms with E-state index in [0.29, 0.717) is 12.4 Å². The third kappa shape index (κ3) is 3.20. The Morgan fingerprint density at radius 3 is 2.95 bits per heavy atom. The average Bonchev–Trinajstić information content (AvgIpc) is 2.93. The van der Waals surface area contributed by atoms with Gasteiger partial charge in [0.25, 0.3) is 0 Å². The SMILES string of the molecule is CC[C@H]1C(=O)NCCCN1Cc1cnc(-c2ccccc2)o1. The second-order valence-electron chi connectivity index (χ2n) is 5.54. The fraction of sp³-hybridized carbons (Fsp3) is 0.412. The molecule has 0 unspecified atom stereocenters. The molecule has 1 aliphatic rings. The number of nitrogens with one attached hydrogen (secondary N) is 1. The lowest BCUT2D eigenvalue weighted by Gasteiger charge is -2.26. The summed E-state index contributed by atoms with van der Waals surface area (Å²) < 4.78 is 5.86. The van der Waals surface area contributed by atoms with Gasteiger partial charge < -0.3 is 9.73 Å². The van der Waals surface area contributed by atoms with Gasteiger partial charge in [-0.2, -0.15) is 0 Å². The van der Waals surface area contributed by atoms with Crippen LogP contribution in [0.4, 0.5) is 0 Å². The molecule has 1 amide bonds. The van der Waals surface area contributed by atoms with Crippen LogP contribution in [-0.2, 0) is 11.3 Å². The molecule has 1 atom stereocenters. The predicted molar refractivity (Wildman–Crippen MR) is 84.1 cm³/mol. The minimum Gasteiger partial charge on any atom is -0.440 e. The van der Waals surface area contributed by atoms with E-state index in [9.17, 15) is 4.79 Å². The summed E-state index contributed by atoms with van der Waals surface area (Å²) in [5.41, 5.74) is 0.967. The third-order valence-corrected chi connectivity index (χ3v) is 3.98. The number of carbonyl (C=O) groups is 1. The minimum absolute atomic E-state index is 0.0900. The summed E-state index contributed by atoms with van der Waals surface area (Å²) >= 11 is 0. The lowest BCUT2D eigenvalue weighted by atomic mass is 10.1. The first kappa shape index (κ1) is 14.8. The van der Waals surface area contributed by atoms with E-state index in [1.807, 2.05) is 37.3 Å². The second-order valence-corrected chi connectivity index (χ2v) is 5.54. The molecule has 0 saturated carbocycles. The van der Waals surface area contributed by atoms with Gasteiger partial charge in [-0.1, -0.05) is 25.1 Å². The van der Waals surface area contributed by atoms with Crippen LogP contribution in [0, 0.1) is 0 Å². The molecule has 1 aromatic heterocycles. The second kappa shape index (κ2) is 6.75. The van der Waals surface area contributed by atoms with Gasteiger partial charge in [-0.15, -0.1) is 0 Å². The van der Waals surface area contributed by atoms with E-state index in [1.54, 1.807) is 6.20 Å². The van der Waals surface area contributed by atoms with Crippen molar-refractivity contribution in [3.63, 3.8) is 0 Å². The largest absolute Gasteiger partial charge is 0.440 e. The highest BCUT2D eigenvalue weighted by molar-refractivity contribution is 5.81. The molecule has 116 valence electrons. The molecule has 5 nitrogen and oxygen atoms in total. The zero-order chi connectivity index (χ0) is 15.4. The van der Waals surface area contributed by atoms with Gasteiger partial charge in [0.1, 0.15) is 5.76 Å². The first-order valence-electron chi connectivity index (χ1n) is 7.80. The van der Waals surface area contributed by atoms with Crippen LogP contribution in [0.5, 0.6) is 0 Å². The zero-order valence-electron chi connectivity index (χ0n) is 12.8. The quantitative estimate of drug-likeness (QED) is 0.942. The number of carbonyl (C=O) groups excluding carboxylic acids is 1. The summed E-state index contributed by atoms with van der Waals surface area (Å²) in [5, 5.41) is 2.97. The Bertz CT molecular complexity index is 624. The first-order valence-corrected chi connectivity index (χ1v) is 7.80. The average molecular weight is 299 g/mol. The number of oxazole rings is 1. The van der Waals surface area contributed by atoms with Crippen LogP contribution in [0.2, 0.25) is 0 Å². The molecule has 1 fully saturated rings. The standard InChI is InChI=1S/C17H21N3O2/c1-2-15-16(21)18-9-6-10-20(15)12-14-11-19-17(22-14)13-7-4-3-5-8-13/h3-5,7-8,11,15H,2,6,9-10,12H2,1H3,(H,18,21)/t15-/m0/s1. The van der Waals surface area contributed by atoms with Gasteiger partial charge in [0.05, 0.1) is 18.8 Å². The van der Waals surface area contributed by atoms with Crippen LogP contribution in [-0.4, -0.2) is 34.9 Å². The number of benzene rings is 1. The molecule has 3 rings (SSSR count). The Hall–Kier alpha value is -2.14. The van der Waals surface area contributed by atoms with E-state index in [-0.39, 0.29) is 11.9 Å². The van der Waals surface area contributed by atoms with Gasteiger partial charge in [-0.05, 0) is 25.0 Å². The summed E-state index contributed by atoms with van der Waals surface area (Å²) in [7, 11) is 0. The molecule has 1 aromatic carbocycles. The van der Waals surface area contributed by atoms with E-state index >= 15 is 0 Å². The van der Waals surface area contributed by atoms with E-state index in [4.69, 9.17) is 4.42 Å². The Morgan fingerprint density at radius 1 is 1.36 bits per heavy atom. The van der Waals surface area contributed by atoms with Gasteiger partial charge in [-0.25, -0.2) is 4.98 Å². The topological polar surface area (TPSA) is 58.4 Å². The lowest BCUT2D eigenvalue weighted by molar-refractivity contribution is -0.125. The molecule has 1 N–H and O–H groups in total. The van der Waals surface area contributed by atoms with Crippen LogP contribution in [0.1, 0.15) is 25.5 Å². The van der Waals surface area contributed by atoms with Crippen molar-refractivity contribution in [1.82, 2.24) is 15.2 Å². The summed E-state index contributed by atoms with van der Waals surface area (Å²) in [4.78, 5) is 18.6. The van der Waals surface area contributed by atoms with Crippen molar-refractivity contribution < 1.29 is 9.21 Å². The maximum Gasteiger partial charge on any atom is 0.237 e. The first-order chi connectivity index (χ1) is 10.8. The van der Waals surface area contributed by atoms with Gasteiger partial charge in [0.15, 0.2) is 0 Å². The molecular formula is C17H21N3O2. The predicted octanol–water partition coefficient (Wildman–Crippen LogP) is 2.44. The highest BCUT2D eigenvalue weighted by atomic mass is 16.4. The molecule has 1 saturated heterocycles. The van der Waals surface area contributed by atoms with Crippen molar-refractivity contribution >= 4 is 5.91 Å². The molecule has 5 heteroatoms. The highest BCUT2D eigenvalue weighted by Gasteiger charge is 2.27. The van der Waals surface area contributed by atoms with E-state index in [0.717, 1.165) is 37.3 Å². The molecule has 0 aliphatic carbocycles. The molecule has 0 radical (unpaired) electrons. The maximum atomic E-state index is 12.1. The monoisotopic (exact) mass is 299 g/mol. The zero-order valence-corrected chi connectivity index (χ0v) is 12.8. The molecule has 2 heterocycles. The Morgan fingerprint density at radius 2 is 2.18 bits per heavy atom. The number of hydrogen-bond donors (Lipinski definition) is 1. The van der Waals surface area contributed by atoms with Crippen molar-refractivity contribution in [3.8, 4) is 11.5 Å². The van der Waals surface area contributed by atoms with Gasteiger partial charge >= 0.3 is 0 Å². The number of amides is 1. The number of nitrogens with zero attached hydrogens (tertiary/aromatic N) is 2. The minimum atomic E-state index is -0.0900. The Labute approximate surface area is 130 Å². The van der Waals surface area contributed by atoms with Crippen LogP contribution in [0.25, 0.3) is 11.5 Å². The fourth-order valence-electron chi connectivity index (χ4n) is 2.86. The molecular weight excluding hydrogens is 278 g/mol. The van der Waals surface area contributed by atoms with Crippen LogP contribution >= 0.6 is 0 Å². The van der Waals surface area contributed by atoms with Crippen molar-refractivity contribution in [2.45, 2.75) is 32.4 Å². The lowest BCUT2D eigenvalue weighted by Crippen LogP contribution is -2.43.